The van der Waals surface area contributed by atoms with Crippen LogP contribution >= 0.6 is 0 Å². The molecule has 0 radical (unpaired) electrons. The van der Waals surface area contributed by atoms with E-state index in [9.17, 15) is 9.59 Å². The van der Waals surface area contributed by atoms with Gasteiger partial charge >= 0.3 is 5.69 Å². The van der Waals surface area contributed by atoms with E-state index in [1.807, 2.05) is 31.3 Å². The van der Waals surface area contributed by atoms with Crippen LogP contribution in [0.3, 0.4) is 0 Å². The molecule has 27 heavy (non-hydrogen) atoms. The molecule has 0 aliphatic carbocycles. The highest BCUT2D eigenvalue weighted by atomic mass is 16.2. The molecule has 0 atom stereocenters. The zero-order valence-corrected chi connectivity index (χ0v) is 15.4. The van der Waals surface area contributed by atoms with Crippen molar-refractivity contribution in [3.63, 3.8) is 0 Å². The number of fused-ring (bicyclic) bond motifs is 3. The highest BCUT2D eigenvalue weighted by molar-refractivity contribution is 5.75. The van der Waals surface area contributed by atoms with E-state index in [0.29, 0.717) is 16.9 Å². The molecule has 0 amide bonds. The van der Waals surface area contributed by atoms with Gasteiger partial charge in [-0.2, -0.15) is 4.98 Å². The number of nitrogens with zero attached hydrogens (tertiary/aromatic N) is 5. The van der Waals surface area contributed by atoms with Gasteiger partial charge in [0.15, 0.2) is 11.2 Å². The van der Waals surface area contributed by atoms with Crippen molar-refractivity contribution < 1.29 is 0 Å². The van der Waals surface area contributed by atoms with Crippen molar-refractivity contribution in [2.24, 2.45) is 7.05 Å². The van der Waals surface area contributed by atoms with E-state index >= 15 is 0 Å². The van der Waals surface area contributed by atoms with Gasteiger partial charge in [-0.3, -0.25) is 18.3 Å². The predicted molar refractivity (Wildman–Crippen MR) is 105 cm³/mol. The summed E-state index contributed by atoms with van der Waals surface area (Å²) >= 11 is 0. The second kappa shape index (κ2) is 6.42. The second-order valence-corrected chi connectivity index (χ2v) is 6.66. The van der Waals surface area contributed by atoms with E-state index in [1.165, 1.54) is 14.7 Å². The van der Waals surface area contributed by atoms with Crippen LogP contribution in [0.1, 0.15) is 11.3 Å². The molecule has 0 spiro atoms. The summed E-state index contributed by atoms with van der Waals surface area (Å²) in [5.74, 6) is 0.668. The van der Waals surface area contributed by atoms with Crippen molar-refractivity contribution in [1.82, 2.24) is 23.1 Å². The Morgan fingerprint density at radius 2 is 1.89 bits per heavy atom. The summed E-state index contributed by atoms with van der Waals surface area (Å²) in [5.41, 5.74) is 2.32. The fourth-order valence-corrected chi connectivity index (χ4v) is 3.51. The summed E-state index contributed by atoms with van der Waals surface area (Å²) in [7, 11) is 1.64. The second-order valence-electron chi connectivity index (χ2n) is 6.66. The lowest BCUT2D eigenvalue weighted by Gasteiger charge is -2.06. The van der Waals surface area contributed by atoms with Gasteiger partial charge in [0.1, 0.15) is 0 Å². The van der Waals surface area contributed by atoms with E-state index < -0.39 is 0 Å². The summed E-state index contributed by atoms with van der Waals surface area (Å²) < 4.78 is 6.47. The maximum absolute atomic E-state index is 12.9. The number of imidazole rings is 2. The van der Waals surface area contributed by atoms with Crippen molar-refractivity contribution in [2.75, 3.05) is 0 Å². The van der Waals surface area contributed by atoms with Crippen LogP contribution in [0.15, 0.2) is 58.8 Å². The van der Waals surface area contributed by atoms with Crippen molar-refractivity contribution in [2.45, 2.75) is 26.4 Å². The molecule has 4 rings (SSSR count). The Kier molecular flexibility index (Phi) is 4.07. The Morgan fingerprint density at radius 3 is 2.59 bits per heavy atom. The molecule has 3 aromatic heterocycles. The first-order valence-electron chi connectivity index (χ1n) is 8.85. The van der Waals surface area contributed by atoms with Gasteiger partial charge in [0.25, 0.3) is 5.56 Å². The monoisotopic (exact) mass is 363 g/mol. The largest absolute Gasteiger partial charge is 0.332 e. The van der Waals surface area contributed by atoms with Crippen LogP contribution in [0.5, 0.6) is 0 Å². The van der Waals surface area contributed by atoms with Gasteiger partial charge in [0.05, 0.1) is 0 Å². The molecule has 0 N–H and O–H groups in total. The van der Waals surface area contributed by atoms with Crippen LogP contribution < -0.4 is 11.2 Å². The van der Waals surface area contributed by atoms with E-state index in [0.717, 1.165) is 18.7 Å². The van der Waals surface area contributed by atoms with Crippen LogP contribution in [0.4, 0.5) is 0 Å². The Morgan fingerprint density at radius 1 is 1.15 bits per heavy atom. The fourth-order valence-electron chi connectivity index (χ4n) is 3.51. The number of rotatable bonds is 5. The Bertz CT molecular complexity index is 1270. The number of benzene rings is 1. The van der Waals surface area contributed by atoms with Gasteiger partial charge < -0.3 is 4.57 Å². The normalized spacial score (nSPS) is 11.5. The average molecular weight is 363 g/mol. The molecule has 3 heterocycles. The molecule has 7 heteroatoms. The third-order valence-electron chi connectivity index (χ3n) is 4.92. The maximum Gasteiger partial charge on any atom is 0.332 e. The first kappa shape index (κ1) is 17.1. The SMILES string of the molecule is C=CCn1c(=O)c2c(nc3n(CCc4ccccc4)c(C)cn23)n(C)c1=O. The molecule has 7 nitrogen and oxygen atoms in total. The zero-order valence-electron chi connectivity index (χ0n) is 15.4. The molecular formula is C20H21N5O2. The minimum Gasteiger partial charge on any atom is -0.314 e. The predicted octanol–water partition coefficient (Wildman–Crippen LogP) is 1.89. The van der Waals surface area contributed by atoms with Crippen LogP contribution in [-0.2, 0) is 26.6 Å². The lowest BCUT2D eigenvalue weighted by atomic mass is 10.1. The molecule has 0 aliphatic rings. The fraction of sp³-hybridized carbons (Fsp3) is 0.250. The summed E-state index contributed by atoms with van der Waals surface area (Å²) in [4.78, 5) is 30.0. The van der Waals surface area contributed by atoms with Crippen molar-refractivity contribution >= 4 is 16.9 Å². The van der Waals surface area contributed by atoms with E-state index in [-0.39, 0.29) is 17.8 Å². The number of hydrogen-bond donors (Lipinski definition) is 0. The standard InChI is InChI=1S/C20H21N5O2/c1-4-11-24-18(26)16-17(22(3)20(24)27)21-19-23(14(2)13-25(16)19)12-10-15-8-6-5-7-9-15/h4-9,13H,1,10-12H2,2-3H3. The summed E-state index contributed by atoms with van der Waals surface area (Å²) in [6.45, 7) is 6.54. The molecule has 0 saturated carbocycles. The summed E-state index contributed by atoms with van der Waals surface area (Å²) in [6.07, 6.45) is 4.30. The van der Waals surface area contributed by atoms with Gasteiger partial charge in [-0.15, -0.1) is 6.58 Å². The minimum absolute atomic E-state index is 0.169. The Labute approximate surface area is 155 Å². The smallest absolute Gasteiger partial charge is 0.314 e. The molecule has 0 aliphatic heterocycles. The molecular weight excluding hydrogens is 342 g/mol. The highest BCUT2D eigenvalue weighted by Crippen LogP contribution is 2.17. The van der Waals surface area contributed by atoms with E-state index in [2.05, 4.69) is 28.3 Å². The van der Waals surface area contributed by atoms with E-state index in [1.54, 1.807) is 17.5 Å². The first-order valence-corrected chi connectivity index (χ1v) is 8.85. The molecule has 0 fully saturated rings. The molecule has 1 aromatic carbocycles. The van der Waals surface area contributed by atoms with Crippen molar-refractivity contribution in [3.05, 3.63) is 81.3 Å². The quantitative estimate of drug-likeness (QED) is 0.509. The van der Waals surface area contributed by atoms with Gasteiger partial charge in [-0.25, -0.2) is 4.79 Å². The van der Waals surface area contributed by atoms with Gasteiger partial charge in [-0.1, -0.05) is 36.4 Å². The number of allylic oxidation sites excluding steroid dienone is 1. The molecule has 0 bridgehead atoms. The Balaban J connectivity index is 1.90. The average Bonchev–Trinajstić information content (AvgIpc) is 3.17. The maximum atomic E-state index is 12.9. The van der Waals surface area contributed by atoms with Gasteiger partial charge in [0.2, 0.25) is 5.78 Å². The van der Waals surface area contributed by atoms with Crippen LogP contribution in [-0.4, -0.2) is 23.1 Å². The third kappa shape index (κ3) is 2.63. The number of hydrogen-bond acceptors (Lipinski definition) is 3. The molecule has 4 aromatic rings. The van der Waals surface area contributed by atoms with Crippen LogP contribution in [0.25, 0.3) is 16.9 Å². The third-order valence-corrected chi connectivity index (χ3v) is 4.92. The molecule has 138 valence electrons. The van der Waals surface area contributed by atoms with Crippen LogP contribution in [0, 0.1) is 6.92 Å². The lowest BCUT2D eigenvalue weighted by Crippen LogP contribution is -2.39. The van der Waals surface area contributed by atoms with Gasteiger partial charge in [0, 0.05) is 32.0 Å². The van der Waals surface area contributed by atoms with E-state index in [4.69, 9.17) is 0 Å². The Hall–Kier alpha value is -3.35. The highest BCUT2D eigenvalue weighted by Gasteiger charge is 2.19. The minimum atomic E-state index is -0.388. The van der Waals surface area contributed by atoms with Gasteiger partial charge in [-0.05, 0) is 18.9 Å². The lowest BCUT2D eigenvalue weighted by molar-refractivity contribution is 0.666. The molecule has 0 unspecified atom stereocenters. The van der Waals surface area contributed by atoms with Crippen molar-refractivity contribution in [1.29, 1.82) is 0 Å². The van der Waals surface area contributed by atoms with Crippen LogP contribution in [0.2, 0.25) is 0 Å². The number of aromatic nitrogens is 5. The first-order chi connectivity index (χ1) is 13.0. The van der Waals surface area contributed by atoms with Crippen molar-refractivity contribution in [3.8, 4) is 0 Å². The summed E-state index contributed by atoms with van der Waals surface area (Å²) in [5, 5.41) is 0. The number of aryl methyl sites for hydroxylation is 4. The summed E-state index contributed by atoms with van der Waals surface area (Å²) in [6, 6.07) is 10.2. The molecule has 0 saturated heterocycles. The topological polar surface area (TPSA) is 66.2 Å². The zero-order chi connectivity index (χ0) is 19.1.